The lowest BCUT2D eigenvalue weighted by atomic mass is 9.75. The second-order valence-corrected chi connectivity index (χ2v) is 11.9. The molecule has 4 aromatic rings. The number of hydrogen-bond donors (Lipinski definition) is 1. The monoisotopic (exact) mass is 586 g/mol. The molecular weight excluding hydrogens is 551 g/mol. The van der Waals surface area contributed by atoms with Crippen molar-refractivity contribution in [2.45, 2.75) is 44.9 Å². The van der Waals surface area contributed by atoms with Crippen LogP contribution in [0, 0.1) is 5.95 Å². The molecule has 1 aromatic heterocycles. The number of anilines is 2. The quantitative estimate of drug-likeness (QED) is 0.185. The van der Waals surface area contributed by atoms with Gasteiger partial charge >= 0.3 is 6.09 Å². The van der Waals surface area contributed by atoms with Crippen LogP contribution < -0.4 is 10.2 Å². The van der Waals surface area contributed by atoms with Gasteiger partial charge < -0.3 is 9.64 Å². The average Bonchev–Trinajstić information content (AvgIpc) is 2.97. The van der Waals surface area contributed by atoms with Gasteiger partial charge in [0.25, 0.3) is 0 Å². The zero-order valence-corrected chi connectivity index (χ0v) is 25.1. The molecule has 6 nitrogen and oxygen atoms in total. The van der Waals surface area contributed by atoms with E-state index in [-0.39, 0.29) is 16.8 Å². The molecule has 42 heavy (non-hydrogen) atoms. The molecule has 0 bridgehead atoms. The van der Waals surface area contributed by atoms with E-state index in [1.54, 1.807) is 26.8 Å². The molecular formula is C34H36ClFN4O2. The molecule has 0 saturated carbocycles. The number of halogens is 2. The first kappa shape index (κ1) is 29.5. The Hall–Kier alpha value is -3.94. The standard InChI is InChI=1S/C34H36ClFN4O2/c1-24-23-39(20-21-40(24)29-22-28(30(35)31(36)38-29)37-32(41)42-33(2,3)4)34(25-14-8-5-9-15-25,26-16-10-6-11-17-26)27-18-12-7-13-19-27/h5-19,22,24H,20-21,23H2,1-4H3,(H,37,38,41)/t24-/m0/s1. The van der Waals surface area contributed by atoms with Gasteiger partial charge in [0.05, 0.1) is 11.2 Å². The van der Waals surface area contributed by atoms with Crippen molar-refractivity contribution in [2.24, 2.45) is 0 Å². The maximum atomic E-state index is 15.0. The number of ether oxygens (including phenoxy) is 1. The summed E-state index contributed by atoms with van der Waals surface area (Å²) >= 11 is 6.21. The van der Waals surface area contributed by atoms with E-state index in [1.165, 1.54) is 16.7 Å². The van der Waals surface area contributed by atoms with Crippen molar-refractivity contribution < 1.29 is 13.9 Å². The molecule has 5 rings (SSSR count). The largest absolute Gasteiger partial charge is 0.444 e. The molecule has 218 valence electrons. The Labute approximate surface area is 252 Å². The van der Waals surface area contributed by atoms with Crippen LogP contribution in [0.3, 0.4) is 0 Å². The van der Waals surface area contributed by atoms with E-state index in [2.05, 4.69) is 99.8 Å². The molecule has 8 heteroatoms. The lowest BCUT2D eigenvalue weighted by Gasteiger charge is -2.51. The number of piperazine rings is 1. The van der Waals surface area contributed by atoms with E-state index in [9.17, 15) is 9.18 Å². The summed E-state index contributed by atoms with van der Waals surface area (Å²) in [7, 11) is 0. The second kappa shape index (κ2) is 12.1. The summed E-state index contributed by atoms with van der Waals surface area (Å²) in [4.78, 5) is 21.2. The first-order valence-corrected chi connectivity index (χ1v) is 14.5. The van der Waals surface area contributed by atoms with Crippen LogP contribution in [-0.2, 0) is 10.3 Å². The van der Waals surface area contributed by atoms with Crippen molar-refractivity contribution in [3.8, 4) is 0 Å². The molecule has 0 spiro atoms. The van der Waals surface area contributed by atoms with Gasteiger partial charge in [-0.25, -0.2) is 9.78 Å². The molecule has 2 heterocycles. The third-order valence-electron chi connectivity index (χ3n) is 7.51. The zero-order chi connectivity index (χ0) is 29.9. The highest BCUT2D eigenvalue weighted by atomic mass is 35.5. The fourth-order valence-corrected chi connectivity index (χ4v) is 5.97. The molecule has 1 amide bonds. The smallest absolute Gasteiger partial charge is 0.412 e. The summed E-state index contributed by atoms with van der Waals surface area (Å²) in [6.45, 7) is 9.29. The molecule has 0 aliphatic carbocycles. The summed E-state index contributed by atoms with van der Waals surface area (Å²) in [6.07, 6.45) is -0.711. The summed E-state index contributed by atoms with van der Waals surface area (Å²) < 4.78 is 20.3. The zero-order valence-electron chi connectivity index (χ0n) is 24.4. The second-order valence-electron chi connectivity index (χ2n) is 11.6. The van der Waals surface area contributed by atoms with Gasteiger partial charge in [-0.2, -0.15) is 4.39 Å². The van der Waals surface area contributed by atoms with Gasteiger partial charge in [0.1, 0.15) is 16.4 Å². The SMILES string of the molecule is C[C@H]1CN(C(c2ccccc2)(c2ccccc2)c2ccccc2)CCN1c1cc(NC(=O)OC(C)(C)C)c(Cl)c(F)n1. The van der Waals surface area contributed by atoms with Crippen molar-refractivity contribution in [3.05, 3.63) is 125 Å². The minimum absolute atomic E-state index is 0.0447. The van der Waals surface area contributed by atoms with Crippen molar-refractivity contribution in [1.82, 2.24) is 9.88 Å². The van der Waals surface area contributed by atoms with E-state index in [4.69, 9.17) is 16.3 Å². The first-order chi connectivity index (χ1) is 20.1. The van der Waals surface area contributed by atoms with Crippen LogP contribution in [0.4, 0.5) is 20.7 Å². The summed E-state index contributed by atoms with van der Waals surface area (Å²) in [5.74, 6) is -0.443. The number of rotatable bonds is 6. The molecule has 1 aliphatic rings. The minimum atomic E-state index is -0.845. The molecule has 3 aromatic carbocycles. The topological polar surface area (TPSA) is 57.7 Å². The van der Waals surface area contributed by atoms with E-state index in [1.807, 2.05) is 18.2 Å². The number of aromatic nitrogens is 1. The van der Waals surface area contributed by atoms with Crippen molar-refractivity contribution in [3.63, 3.8) is 0 Å². The third-order valence-corrected chi connectivity index (χ3v) is 7.87. The number of hydrogen-bond acceptors (Lipinski definition) is 5. The number of nitrogens with zero attached hydrogens (tertiary/aromatic N) is 3. The molecule has 1 atom stereocenters. The van der Waals surface area contributed by atoms with Gasteiger partial charge in [-0.15, -0.1) is 0 Å². The van der Waals surface area contributed by atoms with Crippen molar-refractivity contribution in [1.29, 1.82) is 0 Å². The summed E-state index contributed by atoms with van der Waals surface area (Å²) in [5.41, 5.74) is 2.37. The van der Waals surface area contributed by atoms with E-state index in [0.29, 0.717) is 25.5 Å². The Balaban J connectivity index is 1.51. The van der Waals surface area contributed by atoms with Gasteiger partial charge in [0, 0.05) is 31.7 Å². The summed E-state index contributed by atoms with van der Waals surface area (Å²) in [6, 6.07) is 33.2. The molecule has 0 unspecified atom stereocenters. The third kappa shape index (κ3) is 5.98. The highest BCUT2D eigenvalue weighted by Crippen LogP contribution is 2.44. The molecule has 1 N–H and O–H groups in total. The molecule has 1 aliphatic heterocycles. The number of nitrogens with one attached hydrogen (secondary N) is 1. The summed E-state index contributed by atoms with van der Waals surface area (Å²) in [5, 5.41) is 2.33. The van der Waals surface area contributed by atoms with Crippen LogP contribution >= 0.6 is 11.6 Å². The molecule has 1 saturated heterocycles. The highest BCUT2D eigenvalue weighted by Gasteiger charge is 2.44. The van der Waals surface area contributed by atoms with Gasteiger partial charge in [-0.05, 0) is 44.4 Å². The lowest BCUT2D eigenvalue weighted by Crippen LogP contribution is -2.60. The van der Waals surface area contributed by atoms with Crippen LogP contribution in [0.1, 0.15) is 44.4 Å². The molecule has 0 radical (unpaired) electrons. The van der Waals surface area contributed by atoms with Gasteiger partial charge in [0.15, 0.2) is 0 Å². The minimum Gasteiger partial charge on any atom is -0.444 e. The normalized spacial score (nSPS) is 16.2. The number of carbonyl (C=O) groups excluding carboxylic acids is 1. The van der Waals surface area contributed by atoms with Crippen LogP contribution in [-0.4, -0.2) is 47.3 Å². The number of pyridine rings is 1. The van der Waals surface area contributed by atoms with Gasteiger partial charge in [-0.1, -0.05) is 103 Å². The Morgan fingerprint density at radius 2 is 1.40 bits per heavy atom. The lowest BCUT2D eigenvalue weighted by molar-refractivity contribution is 0.0636. The Bertz CT molecular complexity index is 1420. The average molecular weight is 587 g/mol. The van der Waals surface area contributed by atoms with Crippen LogP contribution in [0.5, 0.6) is 0 Å². The number of benzene rings is 3. The van der Waals surface area contributed by atoms with Crippen LogP contribution in [0.25, 0.3) is 0 Å². The van der Waals surface area contributed by atoms with Crippen molar-refractivity contribution in [2.75, 3.05) is 29.9 Å². The van der Waals surface area contributed by atoms with Crippen LogP contribution in [0.15, 0.2) is 97.1 Å². The maximum Gasteiger partial charge on any atom is 0.412 e. The van der Waals surface area contributed by atoms with Gasteiger partial charge in [0.2, 0.25) is 5.95 Å². The first-order valence-electron chi connectivity index (χ1n) is 14.1. The van der Waals surface area contributed by atoms with Gasteiger partial charge in [-0.3, -0.25) is 10.2 Å². The maximum absolute atomic E-state index is 15.0. The number of carbonyl (C=O) groups is 1. The van der Waals surface area contributed by atoms with Crippen molar-refractivity contribution >= 4 is 29.2 Å². The molecule has 1 fully saturated rings. The Morgan fingerprint density at radius 1 is 0.905 bits per heavy atom. The number of amides is 1. The predicted octanol–water partition coefficient (Wildman–Crippen LogP) is 7.72. The predicted molar refractivity (Wildman–Crippen MR) is 167 cm³/mol. The van der Waals surface area contributed by atoms with E-state index in [0.717, 1.165) is 0 Å². The highest BCUT2D eigenvalue weighted by molar-refractivity contribution is 6.33. The van der Waals surface area contributed by atoms with E-state index < -0.39 is 23.2 Å². The Kier molecular flexibility index (Phi) is 8.53. The fourth-order valence-electron chi connectivity index (χ4n) is 5.83. The Morgan fingerprint density at radius 3 is 1.86 bits per heavy atom. The fraction of sp³-hybridized carbons (Fsp3) is 0.294. The van der Waals surface area contributed by atoms with E-state index >= 15 is 0 Å². The van der Waals surface area contributed by atoms with Crippen LogP contribution in [0.2, 0.25) is 5.02 Å².